The van der Waals surface area contributed by atoms with Crippen LogP contribution in [0.4, 0.5) is 24.5 Å². The second-order valence-electron chi connectivity index (χ2n) is 11.9. The molecule has 2 amide bonds. The Balaban J connectivity index is 1.04. The molecule has 1 aliphatic carbocycles. The van der Waals surface area contributed by atoms with Crippen LogP contribution in [0.1, 0.15) is 43.7 Å². The summed E-state index contributed by atoms with van der Waals surface area (Å²) in [5, 5.41) is 0. The molecule has 1 saturated carbocycles. The van der Waals surface area contributed by atoms with Gasteiger partial charge < -0.3 is 14.7 Å². The maximum atomic E-state index is 13.5. The Bertz CT molecular complexity index is 1480. The number of alkyl halides is 3. The van der Waals surface area contributed by atoms with Crippen LogP contribution >= 0.6 is 0 Å². The molecule has 3 aliphatic heterocycles. The molecule has 4 aliphatic rings. The minimum absolute atomic E-state index is 0.000249. The minimum Gasteiger partial charge on any atom is -0.368 e. The van der Waals surface area contributed by atoms with Gasteiger partial charge in [-0.2, -0.15) is 17.5 Å². The van der Waals surface area contributed by atoms with E-state index in [1.807, 2.05) is 16.7 Å². The number of fused-ring (bicyclic) bond motifs is 1. The van der Waals surface area contributed by atoms with Crippen LogP contribution in [0, 0.1) is 11.8 Å². The third kappa shape index (κ3) is 5.50. The molecule has 3 fully saturated rings. The quantitative estimate of drug-likeness (QED) is 0.513. The van der Waals surface area contributed by atoms with Crippen molar-refractivity contribution in [2.45, 2.75) is 56.1 Å². The molecule has 0 aromatic heterocycles. The van der Waals surface area contributed by atoms with Crippen LogP contribution in [-0.4, -0.2) is 74.7 Å². The number of hydrogen-bond acceptors (Lipinski definition) is 5. The number of anilines is 2. The van der Waals surface area contributed by atoms with Crippen molar-refractivity contribution in [1.29, 1.82) is 0 Å². The molecule has 2 saturated heterocycles. The number of rotatable bonds is 5. The highest BCUT2D eigenvalue weighted by Gasteiger charge is 2.41. The van der Waals surface area contributed by atoms with Gasteiger partial charge >= 0.3 is 6.18 Å². The highest BCUT2D eigenvalue weighted by atomic mass is 32.2. The van der Waals surface area contributed by atoms with Crippen molar-refractivity contribution in [2.75, 3.05) is 49.1 Å². The molecule has 226 valence electrons. The number of piperazine rings is 1. The van der Waals surface area contributed by atoms with Crippen molar-refractivity contribution in [3.05, 3.63) is 53.6 Å². The first-order chi connectivity index (χ1) is 19.9. The number of nitrogens with zero attached hydrogens (tertiary/aromatic N) is 4. The Hall–Kier alpha value is -3.12. The number of hydrogen-bond donors (Lipinski definition) is 0. The third-order valence-electron chi connectivity index (χ3n) is 9.00. The van der Waals surface area contributed by atoms with Crippen molar-refractivity contribution < 1.29 is 31.2 Å². The van der Waals surface area contributed by atoms with Gasteiger partial charge in [0.2, 0.25) is 21.8 Å². The topological polar surface area (TPSA) is 81.2 Å². The van der Waals surface area contributed by atoms with Gasteiger partial charge in [-0.25, -0.2) is 8.42 Å². The molecule has 0 unspecified atom stereocenters. The average Bonchev–Trinajstić information content (AvgIpc) is 3.78. The third-order valence-corrected chi connectivity index (χ3v) is 10.9. The van der Waals surface area contributed by atoms with Crippen LogP contribution in [0.15, 0.2) is 47.4 Å². The van der Waals surface area contributed by atoms with Crippen molar-refractivity contribution in [3.8, 4) is 0 Å². The molecule has 1 atom stereocenters. The lowest BCUT2D eigenvalue weighted by atomic mass is 9.96. The summed E-state index contributed by atoms with van der Waals surface area (Å²) in [6.45, 7) is 4.14. The summed E-state index contributed by atoms with van der Waals surface area (Å²) in [7, 11) is -3.75. The van der Waals surface area contributed by atoms with E-state index in [9.17, 15) is 31.2 Å². The van der Waals surface area contributed by atoms with E-state index in [-0.39, 0.29) is 47.7 Å². The lowest BCUT2D eigenvalue weighted by molar-refractivity contribution is -0.137. The number of amides is 2. The van der Waals surface area contributed by atoms with E-state index in [0.29, 0.717) is 51.1 Å². The molecule has 12 heteroatoms. The lowest BCUT2D eigenvalue weighted by Gasteiger charge is -2.39. The predicted molar refractivity (Wildman–Crippen MR) is 152 cm³/mol. The lowest BCUT2D eigenvalue weighted by Crippen LogP contribution is -2.52. The Morgan fingerprint density at radius 2 is 1.50 bits per heavy atom. The Kier molecular flexibility index (Phi) is 7.49. The second kappa shape index (κ2) is 10.9. The smallest absolute Gasteiger partial charge is 0.368 e. The van der Waals surface area contributed by atoms with Crippen molar-refractivity contribution in [2.24, 2.45) is 11.8 Å². The van der Waals surface area contributed by atoms with E-state index in [0.717, 1.165) is 36.2 Å². The van der Waals surface area contributed by atoms with Crippen molar-refractivity contribution in [1.82, 2.24) is 9.21 Å². The van der Waals surface area contributed by atoms with E-state index in [4.69, 9.17) is 0 Å². The molecule has 0 bridgehead atoms. The molecular weight excluding hydrogens is 569 g/mol. The maximum Gasteiger partial charge on any atom is 0.416 e. The van der Waals surface area contributed by atoms with Crippen LogP contribution in [0.5, 0.6) is 0 Å². The fourth-order valence-electron chi connectivity index (χ4n) is 6.45. The van der Waals surface area contributed by atoms with Crippen molar-refractivity contribution in [3.63, 3.8) is 0 Å². The van der Waals surface area contributed by atoms with Crippen LogP contribution in [0.3, 0.4) is 0 Å². The fourth-order valence-corrected chi connectivity index (χ4v) is 7.97. The largest absolute Gasteiger partial charge is 0.416 e. The SMILES string of the molecule is C[C@H]1Cc2cc(S(=O)(=O)N3CCC(C(=O)N4CCN(c5cccc(C(F)(F)F)c5)CC4)CC3)ccc2N1C(=O)C1CC1. The molecule has 6 rings (SSSR count). The first-order valence-electron chi connectivity index (χ1n) is 14.6. The fraction of sp³-hybridized carbons (Fsp3) is 0.533. The van der Waals surface area contributed by atoms with Gasteiger partial charge in [0.15, 0.2) is 0 Å². The summed E-state index contributed by atoms with van der Waals surface area (Å²) < 4.78 is 67.8. The Morgan fingerprint density at radius 3 is 2.14 bits per heavy atom. The van der Waals surface area contributed by atoms with Crippen LogP contribution in [0.25, 0.3) is 0 Å². The molecule has 2 aromatic rings. The Labute approximate surface area is 244 Å². The average molecular weight is 605 g/mol. The van der Waals surface area contributed by atoms with Gasteiger partial charge in [0.05, 0.1) is 10.5 Å². The number of sulfonamides is 1. The first-order valence-corrected chi connectivity index (χ1v) is 16.0. The van der Waals surface area contributed by atoms with E-state index >= 15 is 0 Å². The molecule has 3 heterocycles. The molecule has 0 radical (unpaired) electrons. The summed E-state index contributed by atoms with van der Waals surface area (Å²) >= 11 is 0. The van der Waals surface area contributed by atoms with Crippen LogP contribution < -0.4 is 9.80 Å². The van der Waals surface area contributed by atoms with E-state index < -0.39 is 21.8 Å². The highest BCUT2D eigenvalue weighted by molar-refractivity contribution is 7.89. The first kappa shape index (κ1) is 29.0. The van der Waals surface area contributed by atoms with Gasteiger partial charge in [-0.15, -0.1) is 0 Å². The molecule has 0 spiro atoms. The molecule has 0 N–H and O–H groups in total. The normalized spacial score (nSPS) is 22.4. The van der Waals surface area contributed by atoms with Gasteiger partial charge in [-0.3, -0.25) is 9.59 Å². The zero-order valence-electron chi connectivity index (χ0n) is 23.5. The van der Waals surface area contributed by atoms with Crippen LogP contribution in [0.2, 0.25) is 0 Å². The highest BCUT2D eigenvalue weighted by Crippen LogP contribution is 2.40. The van der Waals surface area contributed by atoms with E-state index in [1.165, 1.54) is 10.4 Å². The second-order valence-corrected chi connectivity index (χ2v) is 13.8. The predicted octanol–water partition coefficient (Wildman–Crippen LogP) is 4.14. The van der Waals surface area contributed by atoms with E-state index in [2.05, 4.69) is 0 Å². The summed E-state index contributed by atoms with van der Waals surface area (Å²) in [6, 6.07) is 10.3. The summed E-state index contributed by atoms with van der Waals surface area (Å²) in [5.41, 5.74) is 1.46. The number of carbonyl (C=O) groups is 2. The number of piperidine rings is 1. The van der Waals surface area contributed by atoms with Crippen LogP contribution in [-0.2, 0) is 32.2 Å². The Morgan fingerprint density at radius 1 is 0.833 bits per heavy atom. The standard InChI is InChI=1S/C30H35F3N4O4S/c1-20-17-23-18-26(7-8-27(23)37(20)29(39)21-5-6-21)42(40,41)36-11-9-22(10-12-36)28(38)35-15-13-34(14-16-35)25-4-2-3-24(19-25)30(31,32)33/h2-4,7-8,18-22H,5-6,9-17H2,1H3/t20-/m0/s1. The van der Waals surface area contributed by atoms with Gasteiger partial charge in [0.1, 0.15) is 0 Å². The van der Waals surface area contributed by atoms with Gasteiger partial charge in [0.25, 0.3) is 0 Å². The minimum atomic E-state index is -4.41. The maximum absolute atomic E-state index is 13.5. The van der Waals surface area contributed by atoms with Gasteiger partial charge in [-0.05, 0) is 81.0 Å². The van der Waals surface area contributed by atoms with Gasteiger partial charge in [0, 0.05) is 68.5 Å². The summed E-state index contributed by atoms with van der Waals surface area (Å²) in [6.07, 6.45) is -1.13. The molecule has 8 nitrogen and oxygen atoms in total. The summed E-state index contributed by atoms with van der Waals surface area (Å²) in [5.74, 6) is -0.104. The molecule has 2 aromatic carbocycles. The zero-order valence-corrected chi connectivity index (χ0v) is 24.3. The number of benzene rings is 2. The summed E-state index contributed by atoms with van der Waals surface area (Å²) in [4.78, 5) is 31.7. The zero-order chi connectivity index (χ0) is 29.8. The van der Waals surface area contributed by atoms with E-state index in [1.54, 1.807) is 29.2 Å². The number of carbonyl (C=O) groups excluding carboxylic acids is 2. The molecular formula is C30H35F3N4O4S. The number of halogens is 3. The monoisotopic (exact) mass is 604 g/mol. The van der Waals surface area contributed by atoms with Crippen molar-refractivity contribution >= 4 is 33.2 Å². The van der Waals surface area contributed by atoms with Gasteiger partial charge in [-0.1, -0.05) is 6.07 Å². The molecule has 42 heavy (non-hydrogen) atoms.